The topological polar surface area (TPSA) is 64.4 Å². The van der Waals surface area contributed by atoms with E-state index in [1.54, 1.807) is 6.20 Å². The third kappa shape index (κ3) is 3.07. The number of hydrogen-bond donors (Lipinski definition) is 0. The quantitative estimate of drug-likeness (QED) is 0.742. The Labute approximate surface area is 182 Å². The van der Waals surface area contributed by atoms with E-state index in [1.165, 1.54) is 12.8 Å². The predicted octanol–water partition coefficient (Wildman–Crippen LogP) is 1.13. The number of hydrogen-bond acceptors (Lipinski definition) is 5. The van der Waals surface area contributed by atoms with Gasteiger partial charge in [0.1, 0.15) is 17.4 Å². The Kier molecular flexibility index (Phi) is 4.37. The fourth-order valence-corrected chi connectivity index (χ4v) is 5.84. The second-order valence-corrected chi connectivity index (χ2v) is 9.75. The molecule has 2 amide bonds. The summed E-state index contributed by atoms with van der Waals surface area (Å²) in [5.41, 5.74) is 1.32. The van der Waals surface area contributed by atoms with Gasteiger partial charge < -0.3 is 19.1 Å². The summed E-state index contributed by atoms with van der Waals surface area (Å²) >= 11 is 0. The Morgan fingerprint density at radius 3 is 2.74 bits per heavy atom. The van der Waals surface area contributed by atoms with E-state index in [9.17, 15) is 9.59 Å². The van der Waals surface area contributed by atoms with Crippen LogP contribution >= 0.6 is 0 Å². The van der Waals surface area contributed by atoms with Gasteiger partial charge in [-0.15, -0.1) is 0 Å². The fourth-order valence-electron chi connectivity index (χ4n) is 5.84. The zero-order valence-electron chi connectivity index (χ0n) is 18.1. The van der Waals surface area contributed by atoms with Gasteiger partial charge in [-0.25, -0.2) is 4.98 Å². The Morgan fingerprint density at radius 1 is 1.16 bits per heavy atom. The summed E-state index contributed by atoms with van der Waals surface area (Å²) in [7, 11) is 2.11. The maximum Gasteiger partial charge on any atom is 0.255 e. The SMILES string of the molecule is CN1CCN2[C@H](C1)C(=O)N(CC1CC1)C21CCN(C(=O)c2ccc3nccn3c2)CC1. The second kappa shape index (κ2) is 7.03. The molecule has 0 radical (unpaired) electrons. The molecule has 4 aliphatic rings. The number of rotatable bonds is 3. The van der Waals surface area contributed by atoms with Gasteiger partial charge in [0.05, 0.1) is 5.56 Å². The zero-order chi connectivity index (χ0) is 21.2. The van der Waals surface area contributed by atoms with E-state index < -0.39 is 0 Å². The Morgan fingerprint density at radius 2 is 1.97 bits per heavy atom. The fraction of sp³-hybridized carbons (Fsp3) is 0.609. The molecule has 164 valence electrons. The second-order valence-electron chi connectivity index (χ2n) is 9.75. The van der Waals surface area contributed by atoms with Crippen LogP contribution in [0.5, 0.6) is 0 Å². The predicted molar refractivity (Wildman–Crippen MR) is 115 cm³/mol. The number of imidazole rings is 1. The van der Waals surface area contributed by atoms with Gasteiger partial charge in [-0.05, 0) is 37.9 Å². The smallest absolute Gasteiger partial charge is 0.255 e. The van der Waals surface area contributed by atoms with Crippen LogP contribution in [-0.4, -0.2) is 98.8 Å². The van der Waals surface area contributed by atoms with Crippen molar-refractivity contribution in [2.24, 2.45) is 5.92 Å². The van der Waals surface area contributed by atoms with Crippen LogP contribution in [0.25, 0.3) is 5.65 Å². The van der Waals surface area contributed by atoms with Gasteiger partial charge in [-0.3, -0.25) is 14.5 Å². The first-order valence-corrected chi connectivity index (χ1v) is 11.5. The van der Waals surface area contributed by atoms with Crippen molar-refractivity contribution in [3.63, 3.8) is 0 Å². The van der Waals surface area contributed by atoms with Crippen LogP contribution in [0.15, 0.2) is 30.7 Å². The van der Waals surface area contributed by atoms with Gasteiger partial charge in [-0.1, -0.05) is 0 Å². The highest BCUT2D eigenvalue weighted by atomic mass is 16.2. The van der Waals surface area contributed by atoms with Crippen molar-refractivity contribution in [1.82, 2.24) is 29.0 Å². The molecule has 4 fully saturated rings. The lowest BCUT2D eigenvalue weighted by Gasteiger charge is -2.50. The molecule has 0 aromatic carbocycles. The molecule has 2 aromatic rings. The standard InChI is InChI=1S/C23H30N6O2/c1-25-12-13-28-19(16-25)22(31)29(14-17-2-3-17)23(28)6-9-26(10-7-23)21(30)18-4-5-20-24-8-11-27(20)15-18/h4-5,8,11,15,17,19H,2-3,6-7,9-10,12-14,16H2,1H3/t19-/m1/s1. The number of nitrogens with zero attached hydrogens (tertiary/aromatic N) is 6. The maximum absolute atomic E-state index is 13.4. The van der Waals surface area contributed by atoms with Crippen LogP contribution in [-0.2, 0) is 4.79 Å². The Balaban J connectivity index is 1.23. The number of carbonyl (C=O) groups is 2. The van der Waals surface area contributed by atoms with Gasteiger partial charge in [0.2, 0.25) is 5.91 Å². The van der Waals surface area contributed by atoms with Crippen molar-refractivity contribution >= 4 is 17.5 Å². The number of piperidine rings is 1. The summed E-state index contributed by atoms with van der Waals surface area (Å²) in [6.07, 6.45) is 9.63. The minimum atomic E-state index is -0.212. The molecule has 8 heteroatoms. The molecule has 1 atom stereocenters. The number of likely N-dealkylation sites (tertiary alicyclic amines) is 1. The highest BCUT2D eigenvalue weighted by Gasteiger charge is 2.59. The monoisotopic (exact) mass is 422 g/mol. The highest BCUT2D eigenvalue weighted by molar-refractivity contribution is 5.94. The summed E-state index contributed by atoms with van der Waals surface area (Å²) in [6, 6.07) is 3.73. The van der Waals surface area contributed by atoms with Crippen LogP contribution < -0.4 is 0 Å². The first-order chi connectivity index (χ1) is 15.0. The number of piperazine rings is 1. The molecule has 3 saturated heterocycles. The lowest BCUT2D eigenvalue weighted by atomic mass is 9.92. The van der Waals surface area contributed by atoms with E-state index in [2.05, 4.69) is 26.7 Å². The molecule has 3 aliphatic heterocycles. The largest absolute Gasteiger partial charge is 0.338 e. The highest BCUT2D eigenvalue weighted by Crippen LogP contribution is 2.44. The van der Waals surface area contributed by atoms with E-state index in [0.717, 1.165) is 44.7 Å². The molecule has 8 nitrogen and oxygen atoms in total. The van der Waals surface area contributed by atoms with E-state index in [4.69, 9.17) is 0 Å². The van der Waals surface area contributed by atoms with Crippen molar-refractivity contribution in [3.05, 3.63) is 36.3 Å². The van der Waals surface area contributed by atoms with E-state index in [-0.39, 0.29) is 17.6 Å². The number of likely N-dealkylation sites (N-methyl/N-ethyl adjacent to an activating group) is 1. The Hall–Kier alpha value is -2.45. The summed E-state index contributed by atoms with van der Waals surface area (Å²) < 4.78 is 1.89. The van der Waals surface area contributed by atoms with E-state index >= 15 is 0 Å². The molecular formula is C23H30N6O2. The molecule has 0 unspecified atom stereocenters. The molecule has 1 saturated carbocycles. The number of amides is 2. The first kappa shape index (κ1) is 19.3. The van der Waals surface area contributed by atoms with Crippen molar-refractivity contribution < 1.29 is 9.59 Å². The van der Waals surface area contributed by atoms with E-state index in [0.29, 0.717) is 30.5 Å². The molecule has 0 bridgehead atoms. The van der Waals surface area contributed by atoms with Gasteiger partial charge in [0.15, 0.2) is 0 Å². The minimum absolute atomic E-state index is 0.0246. The summed E-state index contributed by atoms with van der Waals surface area (Å²) in [6.45, 7) is 5.01. The average Bonchev–Trinajstić information content (AvgIpc) is 3.45. The van der Waals surface area contributed by atoms with Gasteiger partial charge in [0.25, 0.3) is 5.91 Å². The minimum Gasteiger partial charge on any atom is -0.338 e. The van der Waals surface area contributed by atoms with Gasteiger partial charge in [0, 0.05) is 70.7 Å². The van der Waals surface area contributed by atoms with Crippen LogP contribution in [0.3, 0.4) is 0 Å². The lowest BCUT2D eigenvalue weighted by molar-refractivity contribution is -0.134. The van der Waals surface area contributed by atoms with Crippen molar-refractivity contribution in [2.75, 3.05) is 46.3 Å². The summed E-state index contributed by atoms with van der Waals surface area (Å²) in [5, 5.41) is 0. The molecule has 0 N–H and O–H groups in total. The molecule has 2 aromatic heterocycles. The van der Waals surface area contributed by atoms with Crippen LogP contribution in [0, 0.1) is 5.92 Å². The molecule has 6 rings (SSSR count). The molecule has 5 heterocycles. The summed E-state index contributed by atoms with van der Waals surface area (Å²) in [5.74, 6) is 1.05. The number of fused-ring (bicyclic) bond motifs is 3. The van der Waals surface area contributed by atoms with Crippen LogP contribution in [0.2, 0.25) is 0 Å². The number of aromatic nitrogens is 2. The normalized spacial score (nSPS) is 26.7. The third-order valence-corrected chi connectivity index (χ3v) is 7.80. The molecular weight excluding hydrogens is 392 g/mol. The average molecular weight is 423 g/mol. The van der Waals surface area contributed by atoms with Crippen molar-refractivity contribution in [3.8, 4) is 0 Å². The van der Waals surface area contributed by atoms with Crippen molar-refractivity contribution in [1.29, 1.82) is 0 Å². The first-order valence-electron chi connectivity index (χ1n) is 11.5. The Bertz CT molecular complexity index is 1020. The van der Waals surface area contributed by atoms with Crippen LogP contribution in [0.1, 0.15) is 36.0 Å². The lowest BCUT2D eigenvalue weighted by Crippen LogP contribution is -2.63. The molecule has 31 heavy (non-hydrogen) atoms. The van der Waals surface area contributed by atoms with E-state index in [1.807, 2.05) is 33.8 Å². The maximum atomic E-state index is 13.4. The van der Waals surface area contributed by atoms with Crippen molar-refractivity contribution in [2.45, 2.75) is 37.4 Å². The number of carbonyl (C=O) groups excluding carboxylic acids is 2. The van der Waals surface area contributed by atoms with Gasteiger partial charge >= 0.3 is 0 Å². The number of pyridine rings is 1. The molecule has 1 aliphatic carbocycles. The molecule has 1 spiro atoms. The van der Waals surface area contributed by atoms with Gasteiger partial charge in [-0.2, -0.15) is 0 Å². The van der Waals surface area contributed by atoms with Crippen LogP contribution in [0.4, 0.5) is 0 Å². The summed E-state index contributed by atoms with van der Waals surface area (Å²) in [4.78, 5) is 39.8. The third-order valence-electron chi connectivity index (χ3n) is 7.80. The zero-order valence-corrected chi connectivity index (χ0v) is 18.1.